The number of aromatic nitrogens is 1. The number of carbonyl (C=O) groups excluding carboxylic acids is 1. The highest BCUT2D eigenvalue weighted by Gasteiger charge is 2.39. The minimum absolute atomic E-state index is 0.361. The molecule has 0 spiro atoms. The van der Waals surface area contributed by atoms with E-state index in [1.807, 2.05) is 6.07 Å². The summed E-state index contributed by atoms with van der Waals surface area (Å²) in [6, 6.07) is 15.6. The smallest absolute Gasteiger partial charge is 0.356 e. The van der Waals surface area contributed by atoms with Gasteiger partial charge in [0.2, 0.25) is 0 Å². The number of likely N-dealkylation sites (tertiary alicyclic amines) is 1. The van der Waals surface area contributed by atoms with E-state index >= 15 is 0 Å². The van der Waals surface area contributed by atoms with Crippen molar-refractivity contribution in [2.24, 2.45) is 5.92 Å². The SMILES string of the molecule is COC(=O)c1ccc(CN2CCC(NC3CC3C(C)=Cc3ccccc3)CC2)cn1. The van der Waals surface area contributed by atoms with Crippen LogP contribution in [0.1, 0.15) is 47.8 Å². The summed E-state index contributed by atoms with van der Waals surface area (Å²) in [5.41, 5.74) is 4.28. The number of piperidine rings is 1. The normalized spacial score (nSPS) is 22.7. The standard InChI is InChI=1S/C25H31N3O2/c1-18(14-19-6-4-3-5-7-19)22-15-24(22)27-21-10-12-28(13-11-21)17-20-8-9-23(26-16-20)25(29)30-2/h3-9,14,16,21-22,24,27H,10-13,15,17H2,1-2H3. The van der Waals surface area contributed by atoms with Gasteiger partial charge in [0.25, 0.3) is 0 Å². The van der Waals surface area contributed by atoms with Crippen LogP contribution in [0.25, 0.3) is 6.08 Å². The third-order valence-electron chi connectivity index (χ3n) is 6.23. The number of esters is 1. The van der Waals surface area contributed by atoms with E-state index in [0.29, 0.717) is 23.7 Å². The van der Waals surface area contributed by atoms with Gasteiger partial charge >= 0.3 is 5.97 Å². The topological polar surface area (TPSA) is 54.5 Å². The molecular formula is C25H31N3O2. The predicted molar refractivity (Wildman–Crippen MR) is 119 cm³/mol. The van der Waals surface area contributed by atoms with Crippen LogP contribution in [-0.2, 0) is 11.3 Å². The van der Waals surface area contributed by atoms with E-state index in [1.54, 1.807) is 12.3 Å². The van der Waals surface area contributed by atoms with Crippen molar-refractivity contribution in [2.45, 2.75) is 44.8 Å². The molecule has 0 amide bonds. The van der Waals surface area contributed by atoms with Crippen molar-refractivity contribution in [2.75, 3.05) is 20.2 Å². The lowest BCUT2D eigenvalue weighted by atomic mass is 10.0. The maximum Gasteiger partial charge on any atom is 0.356 e. The van der Waals surface area contributed by atoms with Gasteiger partial charge in [0, 0.05) is 24.8 Å². The van der Waals surface area contributed by atoms with Crippen molar-refractivity contribution in [1.29, 1.82) is 0 Å². The number of hydrogen-bond donors (Lipinski definition) is 1. The third kappa shape index (κ3) is 5.35. The summed E-state index contributed by atoms with van der Waals surface area (Å²) in [5.74, 6) is 0.295. The summed E-state index contributed by atoms with van der Waals surface area (Å²) < 4.78 is 4.70. The minimum atomic E-state index is -0.388. The van der Waals surface area contributed by atoms with Crippen LogP contribution in [0, 0.1) is 5.92 Å². The Hall–Kier alpha value is -2.50. The van der Waals surface area contributed by atoms with Gasteiger partial charge in [0.05, 0.1) is 7.11 Å². The lowest BCUT2D eigenvalue weighted by molar-refractivity contribution is 0.0594. The first-order valence-corrected chi connectivity index (χ1v) is 10.9. The van der Waals surface area contributed by atoms with Crippen LogP contribution in [0.4, 0.5) is 0 Å². The number of benzene rings is 1. The largest absolute Gasteiger partial charge is 0.464 e. The molecule has 5 heteroatoms. The van der Waals surface area contributed by atoms with E-state index in [-0.39, 0.29) is 5.97 Å². The molecule has 1 saturated carbocycles. The Morgan fingerprint density at radius 3 is 2.63 bits per heavy atom. The second-order valence-electron chi connectivity index (χ2n) is 8.51. The highest BCUT2D eigenvalue weighted by Crippen LogP contribution is 2.38. The first-order chi connectivity index (χ1) is 14.6. The van der Waals surface area contributed by atoms with Gasteiger partial charge in [-0.15, -0.1) is 0 Å². The van der Waals surface area contributed by atoms with Gasteiger partial charge in [-0.2, -0.15) is 0 Å². The Labute approximate surface area is 179 Å². The summed E-state index contributed by atoms with van der Waals surface area (Å²) in [5, 5.41) is 3.89. The predicted octanol–water partition coefficient (Wildman–Crippen LogP) is 3.91. The Kier molecular flexibility index (Phi) is 6.60. The Balaban J connectivity index is 1.20. The third-order valence-corrected chi connectivity index (χ3v) is 6.23. The summed E-state index contributed by atoms with van der Waals surface area (Å²) in [4.78, 5) is 18.2. The molecule has 158 valence electrons. The summed E-state index contributed by atoms with van der Waals surface area (Å²) in [7, 11) is 1.38. The van der Waals surface area contributed by atoms with Crippen LogP contribution < -0.4 is 5.32 Å². The van der Waals surface area contributed by atoms with E-state index in [1.165, 1.54) is 37.5 Å². The van der Waals surface area contributed by atoms with Gasteiger partial charge in [-0.25, -0.2) is 9.78 Å². The quantitative estimate of drug-likeness (QED) is 0.708. The van der Waals surface area contributed by atoms with Gasteiger partial charge in [-0.1, -0.05) is 48.0 Å². The number of nitrogens with one attached hydrogen (secondary N) is 1. The van der Waals surface area contributed by atoms with Crippen molar-refractivity contribution in [3.05, 3.63) is 71.1 Å². The molecule has 2 heterocycles. The number of ether oxygens (including phenoxy) is 1. The van der Waals surface area contributed by atoms with Crippen molar-refractivity contribution in [3.63, 3.8) is 0 Å². The molecule has 5 nitrogen and oxygen atoms in total. The Morgan fingerprint density at radius 2 is 1.97 bits per heavy atom. The second-order valence-corrected chi connectivity index (χ2v) is 8.51. The molecular weight excluding hydrogens is 374 g/mol. The number of pyridine rings is 1. The second kappa shape index (κ2) is 9.54. The molecule has 2 unspecified atom stereocenters. The number of hydrogen-bond acceptors (Lipinski definition) is 5. The molecule has 1 N–H and O–H groups in total. The maximum atomic E-state index is 11.5. The van der Waals surface area contributed by atoms with E-state index in [4.69, 9.17) is 4.74 Å². The summed E-state index contributed by atoms with van der Waals surface area (Å²) in [6.07, 6.45) is 7.73. The van der Waals surface area contributed by atoms with E-state index in [0.717, 1.165) is 25.2 Å². The highest BCUT2D eigenvalue weighted by molar-refractivity contribution is 5.86. The fourth-order valence-electron chi connectivity index (χ4n) is 4.36. The van der Waals surface area contributed by atoms with Gasteiger partial charge < -0.3 is 10.1 Å². The molecule has 1 saturated heterocycles. The van der Waals surface area contributed by atoms with Crippen molar-refractivity contribution < 1.29 is 9.53 Å². The van der Waals surface area contributed by atoms with Crippen molar-refractivity contribution in [1.82, 2.24) is 15.2 Å². The van der Waals surface area contributed by atoms with E-state index in [2.05, 4.69) is 58.5 Å². The number of methoxy groups -OCH3 is 1. The fraction of sp³-hybridized carbons (Fsp3) is 0.440. The van der Waals surface area contributed by atoms with Crippen LogP contribution in [-0.4, -0.2) is 48.1 Å². The van der Waals surface area contributed by atoms with Gasteiger partial charge in [-0.3, -0.25) is 4.90 Å². The maximum absolute atomic E-state index is 11.5. The lowest BCUT2D eigenvalue weighted by Gasteiger charge is -2.32. The molecule has 30 heavy (non-hydrogen) atoms. The zero-order valence-electron chi connectivity index (χ0n) is 17.9. The van der Waals surface area contributed by atoms with Crippen LogP contribution in [0.2, 0.25) is 0 Å². The zero-order chi connectivity index (χ0) is 20.9. The molecule has 1 aliphatic heterocycles. The van der Waals surface area contributed by atoms with Crippen LogP contribution in [0.3, 0.4) is 0 Å². The average molecular weight is 406 g/mol. The molecule has 2 aliphatic rings. The number of carbonyl (C=O) groups is 1. The number of nitrogens with zero attached hydrogens (tertiary/aromatic N) is 2. The van der Waals surface area contributed by atoms with Gasteiger partial charge in [0.1, 0.15) is 5.69 Å². The Morgan fingerprint density at radius 1 is 1.20 bits per heavy atom. The average Bonchev–Trinajstić information content (AvgIpc) is 3.55. The molecule has 0 radical (unpaired) electrons. The first kappa shape index (κ1) is 20.8. The van der Waals surface area contributed by atoms with Crippen LogP contribution >= 0.6 is 0 Å². The van der Waals surface area contributed by atoms with Crippen molar-refractivity contribution >= 4 is 12.0 Å². The van der Waals surface area contributed by atoms with Gasteiger partial charge in [0.15, 0.2) is 0 Å². The fourth-order valence-corrected chi connectivity index (χ4v) is 4.36. The zero-order valence-corrected chi connectivity index (χ0v) is 17.9. The monoisotopic (exact) mass is 405 g/mol. The molecule has 1 aromatic carbocycles. The molecule has 2 fully saturated rings. The van der Waals surface area contributed by atoms with Gasteiger partial charge in [-0.05, 0) is 62.4 Å². The first-order valence-electron chi connectivity index (χ1n) is 10.9. The highest BCUT2D eigenvalue weighted by atomic mass is 16.5. The molecule has 0 bridgehead atoms. The molecule has 4 rings (SSSR count). The lowest BCUT2D eigenvalue weighted by Crippen LogP contribution is -2.43. The molecule has 2 aromatic rings. The molecule has 1 aliphatic carbocycles. The summed E-state index contributed by atoms with van der Waals surface area (Å²) >= 11 is 0. The minimum Gasteiger partial charge on any atom is -0.464 e. The van der Waals surface area contributed by atoms with E-state index < -0.39 is 0 Å². The summed E-state index contributed by atoms with van der Waals surface area (Å²) in [6.45, 7) is 5.33. The molecule has 2 atom stereocenters. The van der Waals surface area contributed by atoms with Crippen LogP contribution in [0.5, 0.6) is 0 Å². The van der Waals surface area contributed by atoms with E-state index in [9.17, 15) is 4.79 Å². The van der Waals surface area contributed by atoms with Crippen LogP contribution in [0.15, 0.2) is 54.2 Å². The molecule has 1 aromatic heterocycles. The number of rotatable bonds is 7. The van der Waals surface area contributed by atoms with Crippen molar-refractivity contribution in [3.8, 4) is 0 Å². The Bertz CT molecular complexity index is 871.